The van der Waals surface area contributed by atoms with Crippen molar-refractivity contribution >= 4 is 22.8 Å². The molecule has 0 bridgehead atoms. The molecule has 1 amide bonds. The summed E-state index contributed by atoms with van der Waals surface area (Å²) in [7, 11) is 1.80. The molecule has 5 nitrogen and oxygen atoms in total. The number of carbonyl (C=O) groups excluding carboxylic acids is 2. The number of nitrogens with two attached hydrogens (primary N) is 1. The molecule has 0 aliphatic carbocycles. The topological polar surface area (TPSA) is 74.3 Å². The van der Waals surface area contributed by atoms with Crippen LogP contribution in [0.3, 0.4) is 0 Å². The molecule has 5 heteroatoms. The van der Waals surface area contributed by atoms with Crippen molar-refractivity contribution in [1.82, 2.24) is 4.57 Å². The third-order valence-corrected chi connectivity index (χ3v) is 2.50. The van der Waals surface area contributed by atoms with Gasteiger partial charge in [-0.2, -0.15) is 0 Å². The first-order valence-electron chi connectivity index (χ1n) is 5.07. The number of nitrogens with zero attached hydrogens (tertiary/aromatic N) is 1. The maximum absolute atomic E-state index is 11.3. The fraction of sp³-hybridized carbons (Fsp3) is 0.167. The fourth-order valence-electron chi connectivity index (χ4n) is 1.84. The second-order valence-electron chi connectivity index (χ2n) is 3.76. The van der Waals surface area contributed by atoms with E-state index < -0.39 is 11.9 Å². The van der Waals surface area contributed by atoms with Crippen LogP contribution in [0.15, 0.2) is 24.4 Å². The number of aryl methyl sites for hydroxylation is 1. The Hall–Kier alpha value is -2.30. The SMILES string of the molecule is CC(=O)Oc1cccc2c1c(C(N)=O)cn2C. The van der Waals surface area contributed by atoms with Crippen molar-refractivity contribution in [3.8, 4) is 5.75 Å². The molecule has 0 saturated heterocycles. The summed E-state index contributed by atoms with van der Waals surface area (Å²) in [5, 5.41) is 0.567. The minimum absolute atomic E-state index is 0.347. The van der Waals surface area contributed by atoms with E-state index in [2.05, 4.69) is 0 Å². The Balaban J connectivity index is 2.76. The number of primary amides is 1. The van der Waals surface area contributed by atoms with Gasteiger partial charge in [-0.3, -0.25) is 9.59 Å². The Morgan fingerprint density at radius 2 is 2.06 bits per heavy atom. The van der Waals surface area contributed by atoms with Gasteiger partial charge in [0.15, 0.2) is 0 Å². The molecule has 0 atom stereocenters. The second-order valence-corrected chi connectivity index (χ2v) is 3.76. The number of esters is 1. The minimum Gasteiger partial charge on any atom is -0.426 e. The van der Waals surface area contributed by atoms with Crippen LogP contribution in [0.2, 0.25) is 0 Å². The van der Waals surface area contributed by atoms with E-state index in [1.54, 1.807) is 29.9 Å². The molecule has 17 heavy (non-hydrogen) atoms. The van der Waals surface area contributed by atoms with Crippen molar-refractivity contribution in [1.29, 1.82) is 0 Å². The van der Waals surface area contributed by atoms with Gasteiger partial charge in [0.2, 0.25) is 0 Å². The molecule has 1 aromatic carbocycles. The van der Waals surface area contributed by atoms with Crippen molar-refractivity contribution in [2.24, 2.45) is 12.8 Å². The van der Waals surface area contributed by atoms with Crippen LogP contribution in [-0.4, -0.2) is 16.4 Å². The summed E-state index contributed by atoms with van der Waals surface area (Å²) in [5.74, 6) is -0.628. The van der Waals surface area contributed by atoms with Gasteiger partial charge in [-0.05, 0) is 12.1 Å². The molecule has 0 aliphatic rings. The second kappa shape index (κ2) is 3.93. The number of benzene rings is 1. The number of carbonyl (C=O) groups is 2. The van der Waals surface area contributed by atoms with E-state index in [1.165, 1.54) is 6.92 Å². The molecular formula is C12H12N2O3. The van der Waals surface area contributed by atoms with Gasteiger partial charge in [0, 0.05) is 20.2 Å². The summed E-state index contributed by atoms with van der Waals surface area (Å²) in [5.41, 5.74) is 6.44. The highest BCUT2D eigenvalue weighted by Crippen LogP contribution is 2.30. The summed E-state index contributed by atoms with van der Waals surface area (Å²) >= 11 is 0. The average Bonchev–Trinajstić information content (AvgIpc) is 2.57. The van der Waals surface area contributed by atoms with Crippen LogP contribution in [0.25, 0.3) is 10.9 Å². The smallest absolute Gasteiger partial charge is 0.308 e. The van der Waals surface area contributed by atoms with Crippen LogP contribution < -0.4 is 10.5 Å². The molecular weight excluding hydrogens is 220 g/mol. The fourth-order valence-corrected chi connectivity index (χ4v) is 1.84. The third-order valence-electron chi connectivity index (χ3n) is 2.50. The van der Waals surface area contributed by atoms with Crippen molar-refractivity contribution in [3.63, 3.8) is 0 Å². The molecule has 0 fully saturated rings. The van der Waals surface area contributed by atoms with Gasteiger partial charge in [-0.1, -0.05) is 6.07 Å². The van der Waals surface area contributed by atoms with E-state index in [1.807, 2.05) is 6.07 Å². The zero-order valence-corrected chi connectivity index (χ0v) is 9.56. The Kier molecular flexibility index (Phi) is 2.59. The number of fused-ring (bicyclic) bond motifs is 1. The van der Waals surface area contributed by atoms with Gasteiger partial charge >= 0.3 is 5.97 Å². The third kappa shape index (κ3) is 1.87. The van der Waals surface area contributed by atoms with Crippen LogP contribution in [0.5, 0.6) is 5.75 Å². The van der Waals surface area contributed by atoms with Crippen LogP contribution in [-0.2, 0) is 11.8 Å². The van der Waals surface area contributed by atoms with E-state index in [0.29, 0.717) is 16.7 Å². The number of hydrogen-bond acceptors (Lipinski definition) is 3. The zero-order chi connectivity index (χ0) is 12.6. The molecule has 88 valence electrons. The lowest BCUT2D eigenvalue weighted by Gasteiger charge is -2.04. The molecule has 2 rings (SSSR count). The van der Waals surface area contributed by atoms with Crippen molar-refractivity contribution in [3.05, 3.63) is 30.0 Å². The van der Waals surface area contributed by atoms with Crippen molar-refractivity contribution < 1.29 is 14.3 Å². The number of hydrogen-bond donors (Lipinski definition) is 1. The van der Waals surface area contributed by atoms with E-state index in [9.17, 15) is 9.59 Å². The average molecular weight is 232 g/mol. The number of ether oxygens (including phenoxy) is 1. The highest BCUT2D eigenvalue weighted by molar-refractivity contribution is 6.09. The number of aromatic nitrogens is 1. The highest BCUT2D eigenvalue weighted by atomic mass is 16.5. The minimum atomic E-state index is -0.546. The first-order chi connectivity index (χ1) is 8.00. The molecule has 0 radical (unpaired) electrons. The standard InChI is InChI=1S/C12H12N2O3/c1-7(15)17-10-5-3-4-9-11(10)8(12(13)16)6-14(9)2/h3-6H,1-2H3,(H2,13,16). The Morgan fingerprint density at radius 3 is 2.65 bits per heavy atom. The largest absolute Gasteiger partial charge is 0.426 e. The monoisotopic (exact) mass is 232 g/mol. The van der Waals surface area contributed by atoms with Crippen molar-refractivity contribution in [2.75, 3.05) is 0 Å². The summed E-state index contributed by atoms with van der Waals surface area (Å²) in [4.78, 5) is 22.3. The molecule has 0 aliphatic heterocycles. The molecule has 0 saturated carbocycles. The first kappa shape index (κ1) is 11.2. The van der Waals surface area contributed by atoms with Gasteiger partial charge in [-0.15, -0.1) is 0 Å². The molecule has 0 unspecified atom stereocenters. The van der Waals surface area contributed by atoms with Gasteiger partial charge in [0.1, 0.15) is 5.75 Å². The summed E-state index contributed by atoms with van der Waals surface area (Å²) in [6, 6.07) is 5.22. The molecule has 0 spiro atoms. The van der Waals surface area contributed by atoms with E-state index in [-0.39, 0.29) is 0 Å². The first-order valence-corrected chi connectivity index (χ1v) is 5.07. The Labute approximate surface area is 97.8 Å². The predicted molar refractivity (Wildman–Crippen MR) is 62.7 cm³/mol. The van der Waals surface area contributed by atoms with E-state index in [4.69, 9.17) is 10.5 Å². The van der Waals surface area contributed by atoms with Crippen molar-refractivity contribution in [2.45, 2.75) is 6.92 Å². The number of amides is 1. The maximum atomic E-state index is 11.3. The van der Waals surface area contributed by atoms with E-state index in [0.717, 1.165) is 5.52 Å². The molecule has 2 N–H and O–H groups in total. The maximum Gasteiger partial charge on any atom is 0.308 e. The zero-order valence-electron chi connectivity index (χ0n) is 9.56. The van der Waals surface area contributed by atoms with Crippen LogP contribution in [0.1, 0.15) is 17.3 Å². The molecule has 2 aromatic rings. The highest BCUT2D eigenvalue weighted by Gasteiger charge is 2.16. The van der Waals surface area contributed by atoms with Crippen LogP contribution in [0.4, 0.5) is 0 Å². The summed E-state index contributed by atoms with van der Waals surface area (Å²) < 4.78 is 6.84. The normalized spacial score (nSPS) is 10.5. The molecule has 1 heterocycles. The quantitative estimate of drug-likeness (QED) is 0.624. The van der Waals surface area contributed by atoms with Gasteiger partial charge in [0.25, 0.3) is 5.91 Å². The predicted octanol–water partition coefficient (Wildman–Crippen LogP) is 1.20. The van der Waals surface area contributed by atoms with Gasteiger partial charge in [-0.25, -0.2) is 0 Å². The summed E-state index contributed by atoms with van der Waals surface area (Å²) in [6.07, 6.45) is 1.62. The lowest BCUT2D eigenvalue weighted by atomic mass is 10.1. The Morgan fingerprint density at radius 1 is 1.35 bits per heavy atom. The van der Waals surface area contributed by atoms with Gasteiger partial charge < -0.3 is 15.0 Å². The molecule has 1 aromatic heterocycles. The Bertz CT molecular complexity index is 613. The van der Waals surface area contributed by atoms with Crippen LogP contribution >= 0.6 is 0 Å². The lowest BCUT2D eigenvalue weighted by molar-refractivity contribution is -0.131. The summed E-state index contributed by atoms with van der Waals surface area (Å²) in [6.45, 7) is 1.31. The lowest BCUT2D eigenvalue weighted by Crippen LogP contribution is -2.11. The van der Waals surface area contributed by atoms with Gasteiger partial charge in [0.05, 0.1) is 16.5 Å². The number of rotatable bonds is 2. The van der Waals surface area contributed by atoms with Crippen LogP contribution in [0, 0.1) is 0 Å². The van der Waals surface area contributed by atoms with E-state index >= 15 is 0 Å².